The Morgan fingerprint density at radius 1 is 1.28 bits per heavy atom. The fourth-order valence-electron chi connectivity index (χ4n) is 1.15. The first-order chi connectivity index (χ1) is 8.45. The van der Waals surface area contributed by atoms with Crippen LogP contribution < -0.4 is 10.6 Å². The van der Waals surface area contributed by atoms with Gasteiger partial charge in [0.05, 0.1) is 0 Å². The summed E-state index contributed by atoms with van der Waals surface area (Å²) in [5.41, 5.74) is -0.438. The van der Waals surface area contributed by atoms with Gasteiger partial charge in [-0.2, -0.15) is 11.8 Å². The first kappa shape index (κ1) is 17.3. The lowest BCUT2D eigenvalue weighted by Crippen LogP contribution is -2.32. The maximum Gasteiger partial charge on any atom is 0.407 e. The molecule has 0 aliphatic carbocycles. The summed E-state index contributed by atoms with van der Waals surface area (Å²) in [5.74, 6) is 1.19. The van der Waals surface area contributed by atoms with E-state index in [1.54, 1.807) is 0 Å². The molecule has 2 N–H and O–H groups in total. The lowest BCUT2D eigenvalue weighted by Gasteiger charge is -2.19. The lowest BCUT2D eigenvalue weighted by atomic mass is 10.2. The van der Waals surface area contributed by atoms with E-state index in [1.165, 1.54) is 12.2 Å². The van der Waals surface area contributed by atoms with E-state index in [2.05, 4.69) is 16.9 Å². The third-order valence-corrected chi connectivity index (χ3v) is 2.59. The van der Waals surface area contributed by atoms with Crippen molar-refractivity contribution in [3.63, 3.8) is 0 Å². The number of amides is 1. The van der Waals surface area contributed by atoms with E-state index in [4.69, 9.17) is 4.74 Å². The van der Waals surface area contributed by atoms with E-state index in [-0.39, 0.29) is 6.09 Å². The number of thioether (sulfide) groups is 1. The van der Waals surface area contributed by atoms with Crippen molar-refractivity contribution in [3.8, 4) is 0 Å². The van der Waals surface area contributed by atoms with E-state index in [1.807, 2.05) is 44.7 Å². The topological polar surface area (TPSA) is 50.4 Å². The van der Waals surface area contributed by atoms with Crippen LogP contribution in [0.4, 0.5) is 4.79 Å². The Bertz CT molecular complexity index is 250. The average Bonchev–Trinajstić information content (AvgIpc) is 2.24. The molecule has 18 heavy (non-hydrogen) atoms. The summed E-state index contributed by atoms with van der Waals surface area (Å²) in [5, 5.41) is 5.97. The van der Waals surface area contributed by atoms with E-state index in [0.717, 1.165) is 13.1 Å². The molecule has 0 aromatic carbocycles. The Labute approximate surface area is 115 Å². The molecule has 0 saturated heterocycles. The molecule has 0 aliphatic rings. The zero-order valence-electron chi connectivity index (χ0n) is 11.9. The fourth-order valence-corrected chi connectivity index (χ4v) is 1.58. The van der Waals surface area contributed by atoms with Gasteiger partial charge >= 0.3 is 6.09 Å². The smallest absolute Gasteiger partial charge is 0.407 e. The molecule has 0 atom stereocenters. The van der Waals surface area contributed by atoms with Crippen LogP contribution in [-0.4, -0.2) is 43.3 Å². The monoisotopic (exact) mass is 274 g/mol. The van der Waals surface area contributed by atoms with Crippen LogP contribution >= 0.6 is 11.8 Å². The third kappa shape index (κ3) is 13.4. The first-order valence-electron chi connectivity index (χ1n) is 6.27. The van der Waals surface area contributed by atoms with Gasteiger partial charge in [-0.25, -0.2) is 4.79 Å². The highest BCUT2D eigenvalue weighted by Crippen LogP contribution is 2.05. The highest BCUT2D eigenvalue weighted by molar-refractivity contribution is 7.98. The Morgan fingerprint density at radius 3 is 2.56 bits per heavy atom. The molecular formula is C13H26N2O2S. The zero-order chi connectivity index (χ0) is 13.9. The van der Waals surface area contributed by atoms with Crippen molar-refractivity contribution in [2.24, 2.45) is 0 Å². The van der Waals surface area contributed by atoms with Gasteiger partial charge in [-0.3, -0.25) is 0 Å². The van der Waals surface area contributed by atoms with Gasteiger partial charge in [-0.05, 0) is 45.7 Å². The molecule has 1 amide bonds. The molecule has 0 radical (unpaired) electrons. The van der Waals surface area contributed by atoms with Crippen molar-refractivity contribution in [2.75, 3.05) is 31.6 Å². The molecule has 0 rings (SSSR count). The Balaban J connectivity index is 3.40. The molecule has 4 nitrogen and oxygen atoms in total. The van der Waals surface area contributed by atoms with Crippen molar-refractivity contribution in [1.82, 2.24) is 10.6 Å². The molecule has 0 heterocycles. The van der Waals surface area contributed by atoms with Crippen molar-refractivity contribution < 1.29 is 9.53 Å². The van der Waals surface area contributed by atoms with Crippen LogP contribution in [0, 0.1) is 0 Å². The number of hydrogen-bond donors (Lipinski definition) is 2. The molecular weight excluding hydrogens is 248 g/mol. The minimum atomic E-state index is -0.438. The van der Waals surface area contributed by atoms with E-state index >= 15 is 0 Å². The van der Waals surface area contributed by atoms with Gasteiger partial charge in [0.2, 0.25) is 0 Å². The van der Waals surface area contributed by atoms with Crippen molar-refractivity contribution >= 4 is 17.9 Å². The maximum atomic E-state index is 11.3. The molecule has 106 valence electrons. The molecule has 0 fully saturated rings. The van der Waals surface area contributed by atoms with Crippen LogP contribution in [0.15, 0.2) is 12.2 Å². The molecule has 0 saturated carbocycles. The minimum absolute atomic E-state index is 0.375. The summed E-state index contributed by atoms with van der Waals surface area (Å²) >= 11 is 1.86. The second kappa shape index (κ2) is 10.3. The Morgan fingerprint density at radius 2 is 1.94 bits per heavy atom. The number of carbonyl (C=O) groups excluding carboxylic acids is 1. The second-order valence-corrected chi connectivity index (χ2v) is 5.89. The maximum absolute atomic E-state index is 11.3. The normalized spacial score (nSPS) is 11.8. The van der Waals surface area contributed by atoms with Gasteiger partial charge < -0.3 is 15.4 Å². The summed E-state index contributed by atoms with van der Waals surface area (Å²) in [7, 11) is 0. The van der Waals surface area contributed by atoms with Gasteiger partial charge in [0, 0.05) is 13.1 Å². The minimum Gasteiger partial charge on any atom is -0.444 e. The van der Waals surface area contributed by atoms with Crippen LogP contribution in [0.5, 0.6) is 0 Å². The molecule has 0 unspecified atom stereocenters. The number of alkyl carbamates (subject to hydrolysis) is 1. The standard InChI is InChI=1S/C13H26N2O2S/c1-13(2,3)17-12(16)15-10-6-5-8-14-9-7-11-18-4/h5-6,14H,7-11H2,1-4H3,(H,15,16)/b6-5+. The van der Waals surface area contributed by atoms with E-state index in [9.17, 15) is 4.79 Å². The second-order valence-electron chi connectivity index (χ2n) is 4.90. The number of carbonyl (C=O) groups is 1. The quantitative estimate of drug-likeness (QED) is 0.527. The molecule has 5 heteroatoms. The highest BCUT2D eigenvalue weighted by Gasteiger charge is 2.14. The number of hydrogen-bond acceptors (Lipinski definition) is 4. The summed E-state index contributed by atoms with van der Waals surface area (Å²) < 4.78 is 5.11. The van der Waals surface area contributed by atoms with E-state index in [0.29, 0.717) is 6.54 Å². The van der Waals surface area contributed by atoms with Crippen LogP contribution in [-0.2, 0) is 4.74 Å². The van der Waals surface area contributed by atoms with E-state index < -0.39 is 5.60 Å². The summed E-state index contributed by atoms with van der Waals surface area (Å²) in [4.78, 5) is 11.3. The van der Waals surface area contributed by atoms with Crippen LogP contribution in [0.3, 0.4) is 0 Å². The largest absolute Gasteiger partial charge is 0.444 e. The summed E-state index contributed by atoms with van der Waals surface area (Å²) in [6, 6.07) is 0. The summed E-state index contributed by atoms with van der Waals surface area (Å²) in [6.45, 7) is 7.92. The van der Waals surface area contributed by atoms with Gasteiger partial charge in [0.25, 0.3) is 0 Å². The number of nitrogens with one attached hydrogen (secondary N) is 2. The molecule has 0 aromatic heterocycles. The van der Waals surface area contributed by atoms with Crippen LogP contribution in [0.1, 0.15) is 27.2 Å². The highest BCUT2D eigenvalue weighted by atomic mass is 32.2. The summed E-state index contributed by atoms with van der Waals surface area (Å²) in [6.07, 6.45) is 6.86. The van der Waals surface area contributed by atoms with Crippen LogP contribution in [0.25, 0.3) is 0 Å². The van der Waals surface area contributed by atoms with Crippen molar-refractivity contribution in [1.29, 1.82) is 0 Å². The molecule has 0 aliphatic heterocycles. The Hall–Kier alpha value is -0.680. The fraction of sp³-hybridized carbons (Fsp3) is 0.769. The first-order valence-corrected chi connectivity index (χ1v) is 7.66. The van der Waals surface area contributed by atoms with Gasteiger partial charge in [0.15, 0.2) is 0 Å². The van der Waals surface area contributed by atoms with Gasteiger partial charge in [0.1, 0.15) is 5.60 Å². The number of rotatable bonds is 8. The van der Waals surface area contributed by atoms with Gasteiger partial charge in [-0.15, -0.1) is 0 Å². The van der Waals surface area contributed by atoms with Gasteiger partial charge in [-0.1, -0.05) is 12.2 Å². The lowest BCUT2D eigenvalue weighted by molar-refractivity contribution is 0.0534. The van der Waals surface area contributed by atoms with Crippen molar-refractivity contribution in [3.05, 3.63) is 12.2 Å². The predicted octanol–water partition coefficient (Wildman–Crippen LogP) is 2.41. The zero-order valence-corrected chi connectivity index (χ0v) is 12.7. The molecule has 0 bridgehead atoms. The molecule has 0 spiro atoms. The number of ether oxygens (including phenoxy) is 1. The van der Waals surface area contributed by atoms with Crippen molar-refractivity contribution in [2.45, 2.75) is 32.8 Å². The predicted molar refractivity (Wildman–Crippen MR) is 79.2 cm³/mol. The average molecular weight is 274 g/mol. The molecule has 0 aromatic rings. The van der Waals surface area contributed by atoms with Crippen LogP contribution in [0.2, 0.25) is 0 Å². The SMILES string of the molecule is CSCCCNC/C=C/CNC(=O)OC(C)(C)C. The third-order valence-electron chi connectivity index (χ3n) is 1.89. The Kier molecular flexibility index (Phi) is 9.87.